The van der Waals surface area contributed by atoms with E-state index in [0.29, 0.717) is 47.4 Å². The van der Waals surface area contributed by atoms with E-state index in [-0.39, 0.29) is 11.7 Å². The molecular weight excluding hydrogens is 493 g/mol. The minimum absolute atomic E-state index is 0.0178. The third-order valence-electron chi connectivity index (χ3n) is 3.62. The molecule has 1 N–H and O–H groups in total. The molecule has 140 valence electrons. The number of carbonyl (C=O) groups is 1. The number of phenols is 1. The number of halogens is 3. The molecule has 0 aromatic heterocycles. The van der Waals surface area contributed by atoms with Crippen LogP contribution in [0, 0.1) is 0 Å². The average molecular weight is 505 g/mol. The quantitative estimate of drug-likeness (QED) is 0.393. The monoisotopic (exact) mass is 503 g/mol. The van der Waals surface area contributed by atoms with Gasteiger partial charge in [-0.3, -0.25) is 9.69 Å². The van der Waals surface area contributed by atoms with E-state index in [1.54, 1.807) is 30.3 Å². The zero-order valence-electron chi connectivity index (χ0n) is 13.8. The second-order valence-electron chi connectivity index (χ2n) is 5.39. The van der Waals surface area contributed by atoms with Crippen LogP contribution in [0.5, 0.6) is 11.5 Å². The molecule has 9 heteroatoms. The second-order valence-corrected chi connectivity index (χ2v) is 8.73. The number of hydrogen-bond donors (Lipinski definition) is 1. The van der Waals surface area contributed by atoms with Gasteiger partial charge in [0.1, 0.15) is 0 Å². The lowest BCUT2D eigenvalue weighted by molar-refractivity contribution is -0.113. The summed E-state index contributed by atoms with van der Waals surface area (Å²) < 4.78 is 6.43. The van der Waals surface area contributed by atoms with Crippen LogP contribution >= 0.6 is 63.1 Å². The van der Waals surface area contributed by atoms with E-state index in [2.05, 4.69) is 15.9 Å². The molecule has 1 aliphatic heterocycles. The topological polar surface area (TPSA) is 49.8 Å². The summed E-state index contributed by atoms with van der Waals surface area (Å²) in [6.45, 7) is 2.23. The Balaban J connectivity index is 1.97. The number of benzene rings is 2. The summed E-state index contributed by atoms with van der Waals surface area (Å²) in [4.78, 5) is 14.7. The predicted molar refractivity (Wildman–Crippen MR) is 119 cm³/mol. The number of aromatic hydroxyl groups is 1. The van der Waals surface area contributed by atoms with Crippen molar-refractivity contribution in [3.05, 3.63) is 55.3 Å². The minimum Gasteiger partial charge on any atom is -0.504 e. The Morgan fingerprint density at radius 1 is 1.30 bits per heavy atom. The maximum atomic E-state index is 12.9. The Bertz CT molecular complexity index is 981. The molecule has 27 heavy (non-hydrogen) atoms. The van der Waals surface area contributed by atoms with Gasteiger partial charge in [0.2, 0.25) is 0 Å². The Kier molecular flexibility index (Phi) is 6.38. The first-order valence-electron chi connectivity index (χ1n) is 7.70. The normalized spacial score (nSPS) is 15.7. The molecule has 1 saturated heterocycles. The fourth-order valence-corrected chi connectivity index (χ4v) is 4.42. The highest BCUT2D eigenvalue weighted by Gasteiger charge is 2.33. The summed E-state index contributed by atoms with van der Waals surface area (Å²) in [6, 6.07) is 8.09. The lowest BCUT2D eigenvalue weighted by atomic mass is 10.2. The molecule has 0 spiro atoms. The molecular formula is C18H12BrCl2NO3S2. The number of thiocarbonyl (C=S) groups is 1. The number of amides is 1. The van der Waals surface area contributed by atoms with Gasteiger partial charge in [-0.15, -0.1) is 0 Å². The van der Waals surface area contributed by atoms with Crippen molar-refractivity contribution in [1.29, 1.82) is 0 Å². The summed E-state index contributed by atoms with van der Waals surface area (Å²) in [5.74, 6) is 0.0949. The standard InChI is InChI=1S/C18H12BrCl2NO3S2/c1-2-25-15-5-9(11(19)8-14(15)23)6-16-17(24)22(18(26)27-16)10-3-4-12(20)13(21)7-10/h3-8,23H,2H2,1H3/b16-6+. The van der Waals surface area contributed by atoms with E-state index >= 15 is 0 Å². The van der Waals surface area contributed by atoms with E-state index < -0.39 is 0 Å². The Morgan fingerprint density at radius 3 is 2.70 bits per heavy atom. The number of nitrogens with zero attached hydrogens (tertiary/aromatic N) is 1. The highest BCUT2D eigenvalue weighted by Crippen LogP contribution is 2.40. The molecule has 4 nitrogen and oxygen atoms in total. The van der Waals surface area contributed by atoms with Gasteiger partial charge in [0.05, 0.1) is 27.2 Å². The summed E-state index contributed by atoms with van der Waals surface area (Å²) >= 11 is 21.9. The Morgan fingerprint density at radius 2 is 2.04 bits per heavy atom. The molecule has 0 bridgehead atoms. The van der Waals surface area contributed by atoms with Crippen molar-refractivity contribution in [3.8, 4) is 11.5 Å². The molecule has 2 aromatic carbocycles. The van der Waals surface area contributed by atoms with Crippen LogP contribution in [0.1, 0.15) is 12.5 Å². The van der Waals surface area contributed by atoms with Crippen molar-refractivity contribution in [2.24, 2.45) is 0 Å². The van der Waals surface area contributed by atoms with Crippen LogP contribution < -0.4 is 9.64 Å². The molecule has 1 heterocycles. The lowest BCUT2D eigenvalue weighted by Gasteiger charge is -2.15. The van der Waals surface area contributed by atoms with E-state index in [1.165, 1.54) is 22.7 Å². The van der Waals surface area contributed by atoms with Gasteiger partial charge in [-0.2, -0.15) is 0 Å². The molecule has 0 aliphatic carbocycles. The molecule has 2 aromatic rings. The van der Waals surface area contributed by atoms with Crippen LogP contribution in [0.25, 0.3) is 6.08 Å². The Labute approximate surface area is 184 Å². The smallest absolute Gasteiger partial charge is 0.270 e. The maximum Gasteiger partial charge on any atom is 0.270 e. The molecule has 1 amide bonds. The molecule has 0 atom stereocenters. The number of phenolic OH excluding ortho intramolecular Hbond substituents is 1. The van der Waals surface area contributed by atoms with Gasteiger partial charge in [-0.25, -0.2) is 0 Å². The van der Waals surface area contributed by atoms with Gasteiger partial charge in [-0.1, -0.05) is 63.1 Å². The van der Waals surface area contributed by atoms with Crippen molar-refractivity contribution in [2.45, 2.75) is 6.92 Å². The van der Waals surface area contributed by atoms with E-state index in [0.717, 1.165) is 0 Å². The highest BCUT2D eigenvalue weighted by molar-refractivity contribution is 9.10. The van der Waals surface area contributed by atoms with Gasteiger partial charge >= 0.3 is 0 Å². The van der Waals surface area contributed by atoms with Gasteiger partial charge in [-0.05, 0) is 48.9 Å². The van der Waals surface area contributed by atoms with Crippen molar-refractivity contribution in [3.63, 3.8) is 0 Å². The third kappa shape index (κ3) is 4.27. The first-order valence-corrected chi connectivity index (χ1v) is 10.5. The minimum atomic E-state index is -0.263. The number of anilines is 1. The number of ether oxygens (including phenoxy) is 1. The third-order valence-corrected chi connectivity index (χ3v) is 6.35. The fraction of sp³-hybridized carbons (Fsp3) is 0.111. The second kappa shape index (κ2) is 8.41. The average Bonchev–Trinajstić information content (AvgIpc) is 2.88. The molecule has 1 aliphatic rings. The number of rotatable bonds is 4. The summed E-state index contributed by atoms with van der Waals surface area (Å²) in [5, 5.41) is 10.7. The Hall–Kier alpha value is -1.25. The van der Waals surface area contributed by atoms with Crippen molar-refractivity contribution < 1.29 is 14.6 Å². The number of thioether (sulfide) groups is 1. The largest absolute Gasteiger partial charge is 0.504 e. The summed E-state index contributed by atoms with van der Waals surface area (Å²) in [7, 11) is 0. The van der Waals surface area contributed by atoms with Gasteiger partial charge in [0.25, 0.3) is 5.91 Å². The van der Waals surface area contributed by atoms with Crippen LogP contribution in [0.3, 0.4) is 0 Å². The van der Waals surface area contributed by atoms with Crippen LogP contribution in [0.15, 0.2) is 39.7 Å². The first-order chi connectivity index (χ1) is 12.8. The summed E-state index contributed by atoms with van der Waals surface area (Å²) in [6.07, 6.45) is 1.70. The van der Waals surface area contributed by atoms with Crippen molar-refractivity contribution >= 4 is 85.1 Å². The molecule has 0 radical (unpaired) electrons. The predicted octanol–water partition coefficient (Wildman–Crippen LogP) is 6.27. The SMILES string of the molecule is CCOc1cc(/C=C2/SC(=S)N(c3ccc(Cl)c(Cl)c3)C2=O)c(Br)cc1O. The molecule has 3 rings (SSSR count). The van der Waals surface area contributed by atoms with Crippen LogP contribution in [-0.2, 0) is 4.79 Å². The van der Waals surface area contributed by atoms with Gasteiger partial charge < -0.3 is 9.84 Å². The zero-order valence-corrected chi connectivity index (χ0v) is 18.6. The maximum absolute atomic E-state index is 12.9. The lowest BCUT2D eigenvalue weighted by Crippen LogP contribution is -2.27. The van der Waals surface area contributed by atoms with Crippen LogP contribution in [0.4, 0.5) is 5.69 Å². The van der Waals surface area contributed by atoms with Crippen molar-refractivity contribution in [2.75, 3.05) is 11.5 Å². The number of carbonyl (C=O) groups excluding carboxylic acids is 1. The van der Waals surface area contributed by atoms with Crippen LogP contribution in [0.2, 0.25) is 10.0 Å². The van der Waals surface area contributed by atoms with E-state index in [1.807, 2.05) is 6.92 Å². The summed E-state index contributed by atoms with van der Waals surface area (Å²) in [5.41, 5.74) is 1.24. The molecule has 0 unspecified atom stereocenters. The molecule has 0 saturated carbocycles. The van der Waals surface area contributed by atoms with Crippen LogP contribution in [-0.4, -0.2) is 21.9 Å². The number of hydrogen-bond acceptors (Lipinski definition) is 5. The van der Waals surface area contributed by atoms with Gasteiger partial charge in [0.15, 0.2) is 15.8 Å². The van der Waals surface area contributed by atoms with Gasteiger partial charge in [0, 0.05) is 4.47 Å². The van der Waals surface area contributed by atoms with Crippen molar-refractivity contribution in [1.82, 2.24) is 0 Å². The van der Waals surface area contributed by atoms with E-state index in [4.69, 9.17) is 40.2 Å². The first kappa shape index (κ1) is 20.5. The molecule has 1 fully saturated rings. The highest BCUT2D eigenvalue weighted by atomic mass is 79.9. The fourth-order valence-electron chi connectivity index (χ4n) is 2.40. The zero-order chi connectivity index (χ0) is 19.7. The van der Waals surface area contributed by atoms with E-state index in [9.17, 15) is 9.90 Å².